The third-order valence-electron chi connectivity index (χ3n) is 1.99. The standard InChI is InChI=1S/C11H19NOSi/c1-8-6-10(13-14(3,4)5)7-9(2)11(8)12/h6-7H,12H2,1-5H3. The molecule has 0 atom stereocenters. The lowest BCUT2D eigenvalue weighted by molar-refractivity contribution is 0.557. The van der Waals surface area contributed by atoms with Crippen LogP contribution in [0.4, 0.5) is 5.69 Å². The van der Waals surface area contributed by atoms with E-state index in [1.807, 2.05) is 26.0 Å². The molecule has 2 N–H and O–H groups in total. The van der Waals surface area contributed by atoms with Crippen molar-refractivity contribution in [3.8, 4) is 5.75 Å². The lowest BCUT2D eigenvalue weighted by Gasteiger charge is -2.20. The van der Waals surface area contributed by atoms with E-state index in [-0.39, 0.29) is 0 Å². The van der Waals surface area contributed by atoms with Crippen LogP contribution in [-0.2, 0) is 0 Å². The molecule has 0 aliphatic rings. The second-order valence-electron chi connectivity index (χ2n) is 4.69. The van der Waals surface area contributed by atoms with Crippen LogP contribution in [0.5, 0.6) is 5.75 Å². The molecule has 1 aromatic carbocycles. The second kappa shape index (κ2) is 3.65. The largest absolute Gasteiger partial charge is 0.544 e. The first-order valence-corrected chi connectivity index (χ1v) is 8.26. The molecule has 0 saturated heterocycles. The first-order chi connectivity index (χ1) is 6.29. The maximum absolute atomic E-state index is 5.90. The highest BCUT2D eigenvalue weighted by molar-refractivity contribution is 6.70. The molecule has 14 heavy (non-hydrogen) atoms. The molecule has 2 nitrogen and oxygen atoms in total. The van der Waals surface area contributed by atoms with Crippen LogP contribution in [-0.4, -0.2) is 8.32 Å². The van der Waals surface area contributed by atoms with Crippen molar-refractivity contribution >= 4 is 14.0 Å². The molecule has 0 spiro atoms. The van der Waals surface area contributed by atoms with Crippen LogP contribution in [0.15, 0.2) is 12.1 Å². The number of hydrogen-bond donors (Lipinski definition) is 1. The van der Waals surface area contributed by atoms with E-state index in [0.29, 0.717) is 0 Å². The van der Waals surface area contributed by atoms with Crippen LogP contribution < -0.4 is 10.2 Å². The van der Waals surface area contributed by atoms with Gasteiger partial charge in [0, 0.05) is 5.69 Å². The molecule has 0 bridgehead atoms. The van der Waals surface area contributed by atoms with Crippen LogP contribution in [0, 0.1) is 13.8 Å². The highest BCUT2D eigenvalue weighted by Gasteiger charge is 2.16. The fourth-order valence-corrected chi connectivity index (χ4v) is 2.17. The summed E-state index contributed by atoms with van der Waals surface area (Å²) in [7, 11) is -1.50. The van der Waals surface area contributed by atoms with Crippen LogP contribution in [0.1, 0.15) is 11.1 Å². The van der Waals surface area contributed by atoms with Crippen molar-refractivity contribution in [1.29, 1.82) is 0 Å². The molecule has 0 radical (unpaired) electrons. The molecule has 0 amide bonds. The molecule has 0 aromatic heterocycles. The van der Waals surface area contributed by atoms with Gasteiger partial charge in [-0.3, -0.25) is 0 Å². The first kappa shape index (κ1) is 11.1. The zero-order valence-electron chi connectivity index (χ0n) is 9.64. The first-order valence-electron chi connectivity index (χ1n) is 4.85. The van der Waals surface area contributed by atoms with Crippen LogP contribution in [0.2, 0.25) is 19.6 Å². The average molecular weight is 209 g/mol. The normalized spacial score (nSPS) is 11.5. The maximum atomic E-state index is 5.90. The van der Waals surface area contributed by atoms with E-state index in [4.69, 9.17) is 10.2 Å². The molecule has 0 aliphatic carbocycles. The maximum Gasteiger partial charge on any atom is 0.242 e. The van der Waals surface area contributed by atoms with Gasteiger partial charge in [-0.05, 0) is 56.7 Å². The Bertz CT molecular complexity index is 319. The lowest BCUT2D eigenvalue weighted by atomic mass is 10.1. The minimum atomic E-state index is -1.50. The molecule has 78 valence electrons. The van der Waals surface area contributed by atoms with Gasteiger partial charge in [-0.15, -0.1) is 0 Å². The van der Waals surface area contributed by atoms with E-state index in [2.05, 4.69) is 19.6 Å². The molecular formula is C11H19NOSi. The Balaban J connectivity index is 3.02. The smallest absolute Gasteiger partial charge is 0.242 e. The van der Waals surface area contributed by atoms with Crippen molar-refractivity contribution in [2.24, 2.45) is 0 Å². The van der Waals surface area contributed by atoms with Crippen LogP contribution in [0.3, 0.4) is 0 Å². The van der Waals surface area contributed by atoms with Gasteiger partial charge in [0.05, 0.1) is 0 Å². The summed E-state index contributed by atoms with van der Waals surface area (Å²) < 4.78 is 5.90. The lowest BCUT2D eigenvalue weighted by Crippen LogP contribution is -2.29. The summed E-state index contributed by atoms with van der Waals surface area (Å²) in [5.74, 6) is 0.952. The molecule has 0 heterocycles. The fraction of sp³-hybridized carbons (Fsp3) is 0.455. The summed E-state index contributed by atoms with van der Waals surface area (Å²) in [4.78, 5) is 0. The number of anilines is 1. The van der Waals surface area contributed by atoms with E-state index in [0.717, 1.165) is 22.6 Å². The van der Waals surface area contributed by atoms with E-state index in [9.17, 15) is 0 Å². The molecule has 0 saturated carbocycles. The minimum Gasteiger partial charge on any atom is -0.544 e. The Labute approximate surface area is 87.2 Å². The van der Waals surface area contributed by atoms with Crippen molar-refractivity contribution < 1.29 is 4.43 Å². The van der Waals surface area contributed by atoms with Gasteiger partial charge in [-0.1, -0.05) is 0 Å². The molecule has 1 rings (SSSR count). The second-order valence-corrected chi connectivity index (χ2v) is 9.11. The van der Waals surface area contributed by atoms with E-state index < -0.39 is 8.32 Å². The Morgan fingerprint density at radius 2 is 1.50 bits per heavy atom. The van der Waals surface area contributed by atoms with Gasteiger partial charge in [-0.2, -0.15) is 0 Å². The van der Waals surface area contributed by atoms with Gasteiger partial charge in [0.15, 0.2) is 0 Å². The van der Waals surface area contributed by atoms with Crippen molar-refractivity contribution in [1.82, 2.24) is 0 Å². The van der Waals surface area contributed by atoms with Gasteiger partial charge >= 0.3 is 0 Å². The van der Waals surface area contributed by atoms with Gasteiger partial charge in [0.1, 0.15) is 5.75 Å². The van der Waals surface area contributed by atoms with Crippen molar-refractivity contribution in [2.75, 3.05) is 5.73 Å². The highest BCUT2D eigenvalue weighted by atomic mass is 28.4. The van der Waals surface area contributed by atoms with Crippen molar-refractivity contribution in [2.45, 2.75) is 33.5 Å². The van der Waals surface area contributed by atoms with Crippen molar-refractivity contribution in [3.63, 3.8) is 0 Å². The molecule has 3 heteroatoms. The number of nitrogens with two attached hydrogens (primary N) is 1. The summed E-state index contributed by atoms with van der Waals surface area (Å²) in [5, 5.41) is 0. The number of benzene rings is 1. The van der Waals surface area contributed by atoms with Crippen LogP contribution in [0.25, 0.3) is 0 Å². The van der Waals surface area contributed by atoms with E-state index >= 15 is 0 Å². The molecule has 0 fully saturated rings. The molecule has 0 aliphatic heterocycles. The number of aryl methyl sites for hydroxylation is 2. The number of rotatable bonds is 2. The molecular weight excluding hydrogens is 190 g/mol. The quantitative estimate of drug-likeness (QED) is 0.600. The Kier molecular flexibility index (Phi) is 2.90. The van der Waals surface area contributed by atoms with Gasteiger partial charge in [0.2, 0.25) is 8.32 Å². The summed E-state index contributed by atoms with van der Waals surface area (Å²) >= 11 is 0. The molecule has 0 unspecified atom stereocenters. The summed E-state index contributed by atoms with van der Waals surface area (Å²) in [6.45, 7) is 10.6. The zero-order chi connectivity index (χ0) is 10.9. The van der Waals surface area contributed by atoms with Gasteiger partial charge in [-0.25, -0.2) is 0 Å². The van der Waals surface area contributed by atoms with E-state index in [1.165, 1.54) is 0 Å². The summed E-state index contributed by atoms with van der Waals surface area (Å²) in [6.07, 6.45) is 0. The zero-order valence-corrected chi connectivity index (χ0v) is 10.6. The Morgan fingerprint density at radius 3 is 1.86 bits per heavy atom. The monoisotopic (exact) mass is 209 g/mol. The van der Waals surface area contributed by atoms with Gasteiger partial charge in [0.25, 0.3) is 0 Å². The number of hydrogen-bond acceptors (Lipinski definition) is 2. The summed E-state index contributed by atoms with van der Waals surface area (Å²) in [5.41, 5.74) is 8.93. The summed E-state index contributed by atoms with van der Waals surface area (Å²) in [6, 6.07) is 4.03. The van der Waals surface area contributed by atoms with Gasteiger partial charge < -0.3 is 10.2 Å². The molecule has 1 aromatic rings. The van der Waals surface area contributed by atoms with E-state index in [1.54, 1.807) is 0 Å². The Morgan fingerprint density at radius 1 is 1.07 bits per heavy atom. The highest BCUT2D eigenvalue weighted by Crippen LogP contribution is 2.25. The van der Waals surface area contributed by atoms with Crippen molar-refractivity contribution in [3.05, 3.63) is 23.3 Å². The third kappa shape index (κ3) is 2.77. The predicted octanol–water partition coefficient (Wildman–Crippen LogP) is 3.10. The van der Waals surface area contributed by atoms with Crippen LogP contribution >= 0.6 is 0 Å². The Hall–Kier alpha value is -0.963. The fourth-order valence-electron chi connectivity index (χ4n) is 1.35. The topological polar surface area (TPSA) is 35.2 Å². The minimum absolute atomic E-state index is 0.868. The predicted molar refractivity (Wildman–Crippen MR) is 64.3 cm³/mol. The third-order valence-corrected chi connectivity index (χ3v) is 2.84. The SMILES string of the molecule is Cc1cc(O[Si](C)(C)C)cc(C)c1N. The average Bonchev–Trinajstić information content (AvgIpc) is 1.96. The number of nitrogen functional groups attached to an aromatic ring is 1.